The molecule has 1 spiro atoms. The molecule has 10 nitrogen and oxygen atoms in total. The molecule has 2 N–H and O–H groups in total. The highest BCUT2D eigenvalue weighted by atomic mass is 16.4. The first-order valence-electron chi connectivity index (χ1n) is 14.0. The quantitative estimate of drug-likeness (QED) is 0.520. The van der Waals surface area contributed by atoms with Crippen LogP contribution in [0, 0.1) is 5.41 Å². The number of fused-ring (bicyclic) bond motifs is 1. The van der Waals surface area contributed by atoms with E-state index in [1.165, 1.54) is 4.90 Å². The van der Waals surface area contributed by atoms with Gasteiger partial charge in [-0.1, -0.05) is 43.2 Å². The highest BCUT2D eigenvalue weighted by Crippen LogP contribution is 2.52. The fourth-order valence-electron chi connectivity index (χ4n) is 7.12. The van der Waals surface area contributed by atoms with E-state index in [1.807, 2.05) is 41.3 Å². The number of amides is 3. The van der Waals surface area contributed by atoms with Crippen LogP contribution in [0.4, 0.5) is 9.59 Å². The summed E-state index contributed by atoms with van der Waals surface area (Å²) < 4.78 is 1.60. The van der Waals surface area contributed by atoms with Crippen molar-refractivity contribution >= 4 is 22.9 Å². The molecule has 1 unspecified atom stereocenters. The van der Waals surface area contributed by atoms with E-state index < -0.39 is 17.1 Å². The van der Waals surface area contributed by atoms with Gasteiger partial charge in [-0.05, 0) is 42.3 Å². The van der Waals surface area contributed by atoms with E-state index in [-0.39, 0.29) is 37.3 Å². The number of urea groups is 1. The summed E-state index contributed by atoms with van der Waals surface area (Å²) in [7, 11) is 0. The van der Waals surface area contributed by atoms with Gasteiger partial charge in [0.15, 0.2) is 0 Å². The van der Waals surface area contributed by atoms with E-state index >= 15 is 0 Å². The molecule has 3 aliphatic rings. The van der Waals surface area contributed by atoms with Gasteiger partial charge in [-0.2, -0.15) is 0 Å². The van der Waals surface area contributed by atoms with Crippen molar-refractivity contribution < 1.29 is 19.8 Å². The van der Waals surface area contributed by atoms with Gasteiger partial charge in [0.05, 0.1) is 23.6 Å². The van der Waals surface area contributed by atoms with Gasteiger partial charge < -0.3 is 29.5 Å². The maximum absolute atomic E-state index is 14.1. The van der Waals surface area contributed by atoms with Gasteiger partial charge in [0.1, 0.15) is 0 Å². The first-order chi connectivity index (χ1) is 19.3. The van der Waals surface area contributed by atoms with Gasteiger partial charge in [0.25, 0.3) is 5.56 Å². The molecule has 2 aromatic heterocycles. The number of carbonyl (C=O) groups excluding carboxylic acids is 1. The lowest BCUT2D eigenvalue weighted by Gasteiger charge is -2.53. The Hall–Kier alpha value is -3.92. The molecule has 2 aliphatic heterocycles. The lowest BCUT2D eigenvalue weighted by Crippen LogP contribution is -2.64. The van der Waals surface area contributed by atoms with Crippen LogP contribution in [0.3, 0.4) is 0 Å². The number of aromatic nitrogens is 2. The van der Waals surface area contributed by atoms with Crippen molar-refractivity contribution in [2.75, 3.05) is 32.7 Å². The number of carboxylic acid groups (broad SMARTS) is 1. The Morgan fingerprint density at radius 1 is 0.975 bits per heavy atom. The third-order valence-corrected chi connectivity index (χ3v) is 9.40. The lowest BCUT2D eigenvalue weighted by molar-refractivity contribution is -0.137. The standard InChI is InChI=1S/C30H35N5O5/c36-26-24-18-31-13-8-22(24)9-14-33(26)21-30(40)12-15-34(20-29(30)10-4-5-11-29)27(37)35-17-16-32(28(38)39)19-25(35)23-6-2-1-3-7-23/h1-3,6-9,13-14,18,25,40H,4-5,10-12,15-17,19-21H2,(H,38,39)/t25-,30?/m0/s1. The van der Waals surface area contributed by atoms with Crippen molar-refractivity contribution in [3.8, 4) is 0 Å². The van der Waals surface area contributed by atoms with Crippen molar-refractivity contribution in [2.45, 2.75) is 50.3 Å². The summed E-state index contributed by atoms with van der Waals surface area (Å²) in [6.45, 7) is 1.72. The average molecular weight is 546 g/mol. The zero-order valence-electron chi connectivity index (χ0n) is 22.5. The van der Waals surface area contributed by atoms with Crippen LogP contribution in [0.25, 0.3) is 10.8 Å². The number of carbonyl (C=O) groups is 2. The highest BCUT2D eigenvalue weighted by Gasteiger charge is 2.56. The molecule has 2 saturated heterocycles. The number of aliphatic hydroxyl groups is 1. The number of hydrogen-bond donors (Lipinski definition) is 2. The van der Waals surface area contributed by atoms with Gasteiger partial charge in [0, 0.05) is 56.7 Å². The summed E-state index contributed by atoms with van der Waals surface area (Å²) in [5, 5.41) is 23.2. The number of rotatable bonds is 3. The molecule has 4 heterocycles. The molecule has 3 aromatic rings. The van der Waals surface area contributed by atoms with Gasteiger partial charge >= 0.3 is 12.1 Å². The number of nitrogens with zero attached hydrogens (tertiary/aromatic N) is 5. The summed E-state index contributed by atoms with van der Waals surface area (Å²) in [6, 6.07) is 12.7. The third-order valence-electron chi connectivity index (χ3n) is 9.40. The molecular formula is C30H35N5O5. The minimum atomic E-state index is -1.14. The maximum Gasteiger partial charge on any atom is 0.407 e. The zero-order valence-corrected chi connectivity index (χ0v) is 22.5. The van der Waals surface area contributed by atoms with Crippen LogP contribution in [0.15, 0.2) is 65.8 Å². The van der Waals surface area contributed by atoms with Gasteiger partial charge in [0.2, 0.25) is 0 Å². The largest absolute Gasteiger partial charge is 0.465 e. The van der Waals surface area contributed by atoms with Crippen molar-refractivity contribution in [3.63, 3.8) is 0 Å². The molecule has 40 heavy (non-hydrogen) atoms. The van der Waals surface area contributed by atoms with Crippen LogP contribution in [0.2, 0.25) is 0 Å². The summed E-state index contributed by atoms with van der Waals surface area (Å²) in [4.78, 5) is 48.2. The predicted octanol–water partition coefficient (Wildman–Crippen LogP) is 3.55. The van der Waals surface area contributed by atoms with Crippen molar-refractivity contribution in [3.05, 3.63) is 77.0 Å². The number of pyridine rings is 2. The molecule has 3 amide bonds. The summed E-state index contributed by atoms with van der Waals surface area (Å²) in [5.74, 6) is 0. The highest BCUT2D eigenvalue weighted by molar-refractivity contribution is 5.80. The molecule has 6 rings (SSSR count). The van der Waals surface area contributed by atoms with E-state index in [2.05, 4.69) is 4.98 Å². The zero-order chi connectivity index (χ0) is 27.9. The topological polar surface area (TPSA) is 119 Å². The van der Waals surface area contributed by atoms with Gasteiger partial charge in [-0.3, -0.25) is 9.78 Å². The Morgan fingerprint density at radius 3 is 2.50 bits per heavy atom. The van der Waals surface area contributed by atoms with E-state index in [0.717, 1.165) is 36.6 Å². The van der Waals surface area contributed by atoms with Gasteiger partial charge in [-0.15, -0.1) is 0 Å². The van der Waals surface area contributed by atoms with Crippen LogP contribution in [-0.2, 0) is 6.54 Å². The van der Waals surface area contributed by atoms with Gasteiger partial charge in [-0.25, -0.2) is 9.59 Å². The average Bonchev–Trinajstić information content (AvgIpc) is 3.46. The van der Waals surface area contributed by atoms with Crippen molar-refractivity contribution in [2.24, 2.45) is 5.41 Å². The number of hydrogen-bond acceptors (Lipinski definition) is 5. The Bertz CT molecular complexity index is 1470. The molecule has 10 heteroatoms. The Labute approximate surface area is 232 Å². The molecule has 2 atom stereocenters. The summed E-state index contributed by atoms with van der Waals surface area (Å²) in [6.07, 6.45) is 7.84. The van der Waals surface area contributed by atoms with Crippen molar-refractivity contribution in [1.82, 2.24) is 24.3 Å². The van der Waals surface area contributed by atoms with Crippen LogP contribution in [0.5, 0.6) is 0 Å². The first kappa shape index (κ1) is 26.3. The fraction of sp³-hybridized carbons (Fsp3) is 0.467. The lowest BCUT2D eigenvalue weighted by atomic mass is 9.66. The number of likely N-dealkylation sites (tertiary alicyclic amines) is 1. The third kappa shape index (κ3) is 4.50. The smallest absolute Gasteiger partial charge is 0.407 e. The Kier molecular flexibility index (Phi) is 6.74. The molecule has 3 fully saturated rings. The summed E-state index contributed by atoms with van der Waals surface area (Å²) in [5.41, 5.74) is -0.931. The SMILES string of the molecule is O=C(O)N1CCN(C(=O)N2CCC(O)(Cn3ccc4ccncc4c3=O)C3(CCCC3)C2)[C@H](c2ccccc2)C1. The molecule has 1 aromatic carbocycles. The number of benzene rings is 1. The van der Waals surface area contributed by atoms with E-state index in [4.69, 9.17) is 0 Å². The van der Waals surface area contributed by atoms with E-state index in [9.17, 15) is 24.6 Å². The second-order valence-electron chi connectivity index (χ2n) is 11.5. The van der Waals surface area contributed by atoms with E-state index in [1.54, 1.807) is 34.1 Å². The van der Waals surface area contributed by atoms with Crippen LogP contribution >= 0.6 is 0 Å². The molecule has 1 saturated carbocycles. The maximum atomic E-state index is 14.1. The molecule has 1 aliphatic carbocycles. The fourth-order valence-corrected chi connectivity index (χ4v) is 7.12. The first-order valence-corrected chi connectivity index (χ1v) is 14.0. The summed E-state index contributed by atoms with van der Waals surface area (Å²) >= 11 is 0. The molecule has 0 bridgehead atoms. The molecule has 0 radical (unpaired) electrons. The van der Waals surface area contributed by atoms with Crippen LogP contribution in [-0.4, -0.2) is 84.9 Å². The molecule has 210 valence electrons. The van der Waals surface area contributed by atoms with Crippen molar-refractivity contribution in [1.29, 1.82) is 0 Å². The van der Waals surface area contributed by atoms with Crippen LogP contribution < -0.4 is 5.56 Å². The molecular weight excluding hydrogens is 510 g/mol. The minimum absolute atomic E-state index is 0.124. The second kappa shape index (κ2) is 10.2. The predicted molar refractivity (Wildman–Crippen MR) is 149 cm³/mol. The monoisotopic (exact) mass is 545 g/mol. The Balaban J connectivity index is 1.26. The number of piperidine rings is 1. The Morgan fingerprint density at radius 2 is 1.75 bits per heavy atom. The second-order valence-corrected chi connectivity index (χ2v) is 11.5. The minimum Gasteiger partial charge on any atom is -0.465 e. The van der Waals surface area contributed by atoms with E-state index in [0.29, 0.717) is 31.4 Å². The van der Waals surface area contributed by atoms with Crippen LogP contribution in [0.1, 0.15) is 43.7 Å². The number of piperazine rings is 1. The normalized spacial score (nSPS) is 24.5.